The largest absolute Gasteiger partial charge is 0.469 e. The molecule has 0 aliphatic rings. The van der Waals surface area contributed by atoms with Gasteiger partial charge in [-0.05, 0) is 23.1 Å². The van der Waals surface area contributed by atoms with Crippen LogP contribution in [0.15, 0.2) is 54.6 Å². The van der Waals surface area contributed by atoms with Crippen LogP contribution in [-0.4, -0.2) is 33.6 Å². The van der Waals surface area contributed by atoms with Gasteiger partial charge >= 0.3 is 5.97 Å². The van der Waals surface area contributed by atoms with E-state index in [1.54, 1.807) is 0 Å². The normalized spacial score (nSPS) is 12.2. The zero-order valence-electron chi connectivity index (χ0n) is 13.7. The predicted molar refractivity (Wildman–Crippen MR) is 88.9 cm³/mol. The summed E-state index contributed by atoms with van der Waals surface area (Å²) in [6.45, 7) is 0. The van der Waals surface area contributed by atoms with Gasteiger partial charge in [0.1, 0.15) is 5.92 Å². The summed E-state index contributed by atoms with van der Waals surface area (Å²) in [5.74, 6) is -0.857. The summed E-state index contributed by atoms with van der Waals surface area (Å²) in [6, 6.07) is 18.2. The summed E-state index contributed by atoms with van der Waals surface area (Å²) in [7, 11) is 4.41. The minimum atomic E-state index is -0.636. The van der Waals surface area contributed by atoms with E-state index in [0.29, 0.717) is 6.42 Å². The second-order valence-electron chi connectivity index (χ2n) is 5.24. The maximum Gasteiger partial charge on any atom is 0.314 e. The Morgan fingerprint density at radius 3 is 2.17 bits per heavy atom. The molecule has 0 spiro atoms. The SMILES string of the molecule is COC(=O)C(Cc1cccc(-c2ccccc2)c1)C(OC)OC. The van der Waals surface area contributed by atoms with E-state index >= 15 is 0 Å². The number of hydrogen-bond acceptors (Lipinski definition) is 4. The van der Waals surface area contributed by atoms with Gasteiger partial charge in [-0.15, -0.1) is 0 Å². The van der Waals surface area contributed by atoms with E-state index in [0.717, 1.165) is 16.7 Å². The van der Waals surface area contributed by atoms with Gasteiger partial charge in [0.05, 0.1) is 7.11 Å². The van der Waals surface area contributed by atoms with Crippen LogP contribution in [0.25, 0.3) is 11.1 Å². The number of esters is 1. The molecule has 0 saturated carbocycles. The van der Waals surface area contributed by atoms with Crippen LogP contribution in [0.2, 0.25) is 0 Å². The lowest BCUT2D eigenvalue weighted by Crippen LogP contribution is -2.34. The molecule has 0 amide bonds. The lowest BCUT2D eigenvalue weighted by molar-refractivity contribution is -0.174. The van der Waals surface area contributed by atoms with Crippen molar-refractivity contribution in [2.75, 3.05) is 21.3 Å². The van der Waals surface area contributed by atoms with Crippen molar-refractivity contribution in [3.05, 3.63) is 60.2 Å². The highest BCUT2D eigenvalue weighted by Crippen LogP contribution is 2.23. The first-order valence-corrected chi connectivity index (χ1v) is 7.47. The van der Waals surface area contributed by atoms with Crippen molar-refractivity contribution in [2.45, 2.75) is 12.7 Å². The Morgan fingerprint density at radius 2 is 1.57 bits per heavy atom. The zero-order chi connectivity index (χ0) is 16.7. The van der Waals surface area contributed by atoms with Crippen molar-refractivity contribution < 1.29 is 19.0 Å². The minimum Gasteiger partial charge on any atom is -0.469 e. The van der Waals surface area contributed by atoms with Crippen LogP contribution < -0.4 is 0 Å². The molecule has 23 heavy (non-hydrogen) atoms. The second-order valence-corrected chi connectivity index (χ2v) is 5.24. The number of methoxy groups -OCH3 is 3. The smallest absolute Gasteiger partial charge is 0.314 e. The molecule has 0 N–H and O–H groups in total. The molecule has 0 aliphatic carbocycles. The fourth-order valence-corrected chi connectivity index (χ4v) is 2.63. The molecule has 0 saturated heterocycles. The Kier molecular flexibility index (Phi) is 6.32. The van der Waals surface area contributed by atoms with Gasteiger partial charge in [-0.2, -0.15) is 0 Å². The van der Waals surface area contributed by atoms with Gasteiger partial charge in [-0.3, -0.25) is 4.79 Å². The quantitative estimate of drug-likeness (QED) is 0.581. The van der Waals surface area contributed by atoms with Crippen molar-refractivity contribution in [2.24, 2.45) is 5.92 Å². The molecular formula is C19H22O4. The molecule has 2 rings (SSSR count). The van der Waals surface area contributed by atoms with Crippen LogP contribution in [0, 0.1) is 5.92 Å². The van der Waals surface area contributed by atoms with Gasteiger partial charge < -0.3 is 14.2 Å². The van der Waals surface area contributed by atoms with Crippen LogP contribution in [0.1, 0.15) is 5.56 Å². The van der Waals surface area contributed by atoms with Crippen LogP contribution in [0.3, 0.4) is 0 Å². The summed E-state index contributed by atoms with van der Waals surface area (Å²) < 4.78 is 15.4. The van der Waals surface area contributed by atoms with E-state index in [9.17, 15) is 4.79 Å². The number of carbonyl (C=O) groups excluding carboxylic acids is 1. The fourth-order valence-electron chi connectivity index (χ4n) is 2.63. The van der Waals surface area contributed by atoms with Gasteiger partial charge in [-0.1, -0.05) is 54.6 Å². The zero-order valence-corrected chi connectivity index (χ0v) is 13.7. The maximum absolute atomic E-state index is 12.0. The van der Waals surface area contributed by atoms with Crippen LogP contribution in [-0.2, 0) is 25.4 Å². The molecule has 0 aliphatic heterocycles. The van der Waals surface area contributed by atoms with Gasteiger partial charge in [0.2, 0.25) is 0 Å². The van der Waals surface area contributed by atoms with E-state index < -0.39 is 12.2 Å². The molecule has 0 heterocycles. The number of carbonyl (C=O) groups is 1. The highest BCUT2D eigenvalue weighted by atomic mass is 16.7. The highest BCUT2D eigenvalue weighted by Gasteiger charge is 2.29. The number of rotatable bonds is 7. The highest BCUT2D eigenvalue weighted by molar-refractivity contribution is 5.73. The molecule has 1 atom stereocenters. The van der Waals surface area contributed by atoms with E-state index in [1.807, 2.05) is 30.3 Å². The number of ether oxygens (including phenoxy) is 3. The van der Waals surface area contributed by atoms with E-state index in [1.165, 1.54) is 21.3 Å². The standard InChI is InChI=1S/C19H22O4/c1-21-18(20)17(19(22-2)23-3)13-14-8-7-11-16(12-14)15-9-5-4-6-10-15/h4-12,17,19H,13H2,1-3H3. The van der Waals surface area contributed by atoms with Gasteiger partial charge in [0, 0.05) is 14.2 Å². The molecule has 4 nitrogen and oxygen atoms in total. The molecule has 0 radical (unpaired) electrons. The third-order valence-electron chi connectivity index (χ3n) is 3.79. The maximum atomic E-state index is 12.0. The van der Waals surface area contributed by atoms with E-state index in [2.05, 4.69) is 24.3 Å². The number of benzene rings is 2. The Bertz CT molecular complexity index is 620. The van der Waals surface area contributed by atoms with Crippen molar-refractivity contribution in [3.63, 3.8) is 0 Å². The lowest BCUT2D eigenvalue weighted by atomic mass is 9.95. The third-order valence-corrected chi connectivity index (χ3v) is 3.79. The van der Waals surface area contributed by atoms with E-state index in [4.69, 9.17) is 14.2 Å². The molecule has 0 aromatic heterocycles. The minimum absolute atomic E-state index is 0.344. The Hall–Kier alpha value is -2.17. The van der Waals surface area contributed by atoms with Crippen LogP contribution in [0.5, 0.6) is 0 Å². The predicted octanol–water partition coefficient (Wildman–Crippen LogP) is 3.30. The van der Waals surface area contributed by atoms with Crippen molar-refractivity contribution in [1.29, 1.82) is 0 Å². The first-order valence-electron chi connectivity index (χ1n) is 7.47. The Balaban J connectivity index is 2.25. The Morgan fingerprint density at radius 1 is 0.913 bits per heavy atom. The van der Waals surface area contributed by atoms with Gasteiger partial charge in [0.15, 0.2) is 6.29 Å². The molecule has 1 unspecified atom stereocenters. The summed E-state index contributed by atoms with van der Waals surface area (Å²) in [4.78, 5) is 12.0. The summed E-state index contributed by atoms with van der Waals surface area (Å²) in [5.41, 5.74) is 3.28. The average molecular weight is 314 g/mol. The second kappa shape index (κ2) is 8.46. The number of hydrogen-bond donors (Lipinski definition) is 0. The first-order chi connectivity index (χ1) is 11.2. The monoisotopic (exact) mass is 314 g/mol. The van der Waals surface area contributed by atoms with Gasteiger partial charge in [0.25, 0.3) is 0 Å². The molecule has 0 bridgehead atoms. The van der Waals surface area contributed by atoms with Crippen molar-refractivity contribution >= 4 is 5.97 Å². The molecule has 122 valence electrons. The molecule has 2 aromatic rings. The summed E-state index contributed by atoms with van der Waals surface area (Å²) >= 11 is 0. The van der Waals surface area contributed by atoms with Crippen molar-refractivity contribution in [3.8, 4) is 11.1 Å². The average Bonchev–Trinajstić information content (AvgIpc) is 2.62. The molecule has 2 aromatic carbocycles. The first kappa shape index (κ1) is 17.2. The third kappa shape index (κ3) is 4.41. The van der Waals surface area contributed by atoms with Crippen LogP contribution in [0.4, 0.5) is 0 Å². The lowest BCUT2D eigenvalue weighted by Gasteiger charge is -2.22. The van der Waals surface area contributed by atoms with E-state index in [-0.39, 0.29) is 5.97 Å². The topological polar surface area (TPSA) is 44.8 Å². The molecule has 0 fully saturated rings. The fraction of sp³-hybridized carbons (Fsp3) is 0.316. The summed E-state index contributed by atoms with van der Waals surface area (Å²) in [6.07, 6.45) is -0.150. The Labute approximate surface area is 137 Å². The molecule has 4 heteroatoms. The molecular weight excluding hydrogens is 292 g/mol. The van der Waals surface area contributed by atoms with Crippen molar-refractivity contribution in [1.82, 2.24) is 0 Å². The summed E-state index contributed by atoms with van der Waals surface area (Å²) in [5, 5.41) is 0. The van der Waals surface area contributed by atoms with Gasteiger partial charge in [-0.25, -0.2) is 0 Å². The van der Waals surface area contributed by atoms with Crippen LogP contribution >= 0.6 is 0 Å².